The molecule has 0 amide bonds. The molecule has 1 aromatic heterocycles. The third kappa shape index (κ3) is 2.37. The summed E-state index contributed by atoms with van der Waals surface area (Å²) in [6, 6.07) is 36.5. The normalized spacial score (nSPS) is 16.5. The van der Waals surface area contributed by atoms with Crippen molar-refractivity contribution < 1.29 is 0 Å². The van der Waals surface area contributed by atoms with E-state index in [4.69, 9.17) is 0 Å². The molecule has 1 nitrogen and oxygen atoms in total. The summed E-state index contributed by atoms with van der Waals surface area (Å²) in [6.45, 7) is 5.27. The second-order valence-electron chi connectivity index (χ2n) is 10.3. The Morgan fingerprint density at radius 2 is 1.06 bits per heavy atom. The van der Waals surface area contributed by atoms with Gasteiger partial charge in [0.2, 0.25) is 0 Å². The molecule has 2 heteroatoms. The van der Waals surface area contributed by atoms with Gasteiger partial charge in [-0.25, -0.2) is 0 Å². The van der Waals surface area contributed by atoms with E-state index >= 15 is 0 Å². The predicted molar refractivity (Wildman–Crippen MR) is 141 cm³/mol. The number of benzene rings is 4. The molecule has 5 aromatic rings. The van der Waals surface area contributed by atoms with Gasteiger partial charge < -0.3 is 4.57 Å². The minimum absolute atomic E-state index is 0.457. The Labute approximate surface area is 196 Å². The van der Waals surface area contributed by atoms with Crippen LogP contribution in [0.3, 0.4) is 0 Å². The molecule has 0 bridgehead atoms. The highest BCUT2D eigenvalue weighted by molar-refractivity contribution is 6.82. The SMILES string of the molecule is Cn1c2c(c3ccccc31)C([Si](C)(C)C1c3ccccc3-c3ccccc31)c1ccccc1-2. The van der Waals surface area contributed by atoms with Crippen LogP contribution in [-0.2, 0) is 7.05 Å². The third-order valence-corrected chi connectivity index (χ3v) is 12.5. The average molecular weight is 442 g/mol. The molecule has 0 saturated carbocycles. The number of rotatable bonds is 2. The molecule has 33 heavy (non-hydrogen) atoms. The number of hydrogen-bond acceptors (Lipinski definition) is 0. The van der Waals surface area contributed by atoms with Crippen molar-refractivity contribution in [3.05, 3.63) is 119 Å². The quantitative estimate of drug-likeness (QED) is 0.245. The largest absolute Gasteiger partial charge is 0.343 e. The minimum atomic E-state index is -1.96. The molecule has 0 fully saturated rings. The van der Waals surface area contributed by atoms with E-state index in [-0.39, 0.29) is 0 Å². The monoisotopic (exact) mass is 441 g/mol. The van der Waals surface area contributed by atoms with Gasteiger partial charge in [0.05, 0.1) is 13.8 Å². The highest BCUT2D eigenvalue weighted by Crippen LogP contribution is 2.58. The van der Waals surface area contributed by atoms with Crippen molar-refractivity contribution in [3.63, 3.8) is 0 Å². The first-order valence-corrected chi connectivity index (χ1v) is 15.1. The van der Waals surface area contributed by atoms with Gasteiger partial charge in [0.15, 0.2) is 0 Å². The molecule has 0 N–H and O–H groups in total. The first-order chi connectivity index (χ1) is 16.1. The van der Waals surface area contributed by atoms with Crippen molar-refractivity contribution in [3.8, 4) is 22.4 Å². The van der Waals surface area contributed by atoms with Crippen molar-refractivity contribution in [2.24, 2.45) is 7.05 Å². The van der Waals surface area contributed by atoms with Gasteiger partial charge in [-0.05, 0) is 39.4 Å². The molecular formula is C31H27NSi. The van der Waals surface area contributed by atoms with Gasteiger partial charge in [-0.1, -0.05) is 104 Å². The molecule has 1 atom stereocenters. The number of hydrogen-bond donors (Lipinski definition) is 0. The topological polar surface area (TPSA) is 4.93 Å². The van der Waals surface area contributed by atoms with Crippen LogP contribution in [-0.4, -0.2) is 12.6 Å². The van der Waals surface area contributed by atoms with Gasteiger partial charge in [-0.2, -0.15) is 0 Å². The number of aromatic nitrogens is 1. The van der Waals surface area contributed by atoms with E-state index < -0.39 is 8.07 Å². The number of para-hydroxylation sites is 1. The Hall–Kier alpha value is -3.36. The van der Waals surface area contributed by atoms with Gasteiger partial charge in [0.1, 0.15) is 0 Å². The molecule has 0 saturated heterocycles. The molecule has 0 spiro atoms. The zero-order valence-electron chi connectivity index (χ0n) is 19.3. The fourth-order valence-electron chi connectivity index (χ4n) is 7.06. The molecule has 0 aliphatic heterocycles. The van der Waals surface area contributed by atoms with Crippen LogP contribution in [0.25, 0.3) is 33.3 Å². The van der Waals surface area contributed by atoms with E-state index in [0.29, 0.717) is 11.1 Å². The molecule has 1 unspecified atom stereocenters. The average Bonchev–Trinajstić information content (AvgIpc) is 3.46. The molecule has 4 aromatic carbocycles. The van der Waals surface area contributed by atoms with Crippen molar-refractivity contribution in [2.45, 2.75) is 24.2 Å². The summed E-state index contributed by atoms with van der Waals surface area (Å²) in [6.07, 6.45) is 0. The summed E-state index contributed by atoms with van der Waals surface area (Å²) in [7, 11) is 0.286. The molecule has 1 heterocycles. The van der Waals surface area contributed by atoms with Crippen LogP contribution in [0.1, 0.15) is 33.3 Å². The zero-order chi connectivity index (χ0) is 22.3. The van der Waals surface area contributed by atoms with E-state index in [9.17, 15) is 0 Å². The summed E-state index contributed by atoms with van der Waals surface area (Å²) in [4.78, 5) is 0. The van der Waals surface area contributed by atoms with E-state index in [1.54, 1.807) is 5.56 Å². The Morgan fingerprint density at radius 1 is 0.576 bits per heavy atom. The van der Waals surface area contributed by atoms with E-state index in [1.165, 1.54) is 50.0 Å². The van der Waals surface area contributed by atoms with E-state index in [1.807, 2.05) is 0 Å². The summed E-state index contributed by atoms with van der Waals surface area (Å²) in [5, 5.41) is 1.43. The summed E-state index contributed by atoms with van der Waals surface area (Å²) >= 11 is 0. The van der Waals surface area contributed by atoms with Crippen LogP contribution in [0, 0.1) is 0 Å². The summed E-state index contributed by atoms with van der Waals surface area (Å²) < 4.78 is 2.44. The van der Waals surface area contributed by atoms with Crippen molar-refractivity contribution in [1.82, 2.24) is 4.57 Å². The molecular weight excluding hydrogens is 414 g/mol. The Bertz CT molecular complexity index is 1530. The van der Waals surface area contributed by atoms with Crippen LogP contribution in [0.2, 0.25) is 13.1 Å². The predicted octanol–water partition coefficient (Wildman–Crippen LogP) is 7.89. The maximum atomic E-state index is 2.63. The van der Waals surface area contributed by atoms with Crippen LogP contribution < -0.4 is 0 Å². The summed E-state index contributed by atoms with van der Waals surface area (Å²) in [5.74, 6) is 0. The van der Waals surface area contributed by atoms with Crippen LogP contribution >= 0.6 is 0 Å². The van der Waals surface area contributed by atoms with Gasteiger partial charge >= 0.3 is 0 Å². The van der Waals surface area contributed by atoms with Crippen molar-refractivity contribution >= 4 is 19.0 Å². The Kier molecular flexibility index (Phi) is 3.82. The summed E-state index contributed by atoms with van der Waals surface area (Å²) in [5.41, 5.74) is 14.2. The lowest BCUT2D eigenvalue weighted by Crippen LogP contribution is -2.42. The lowest BCUT2D eigenvalue weighted by Gasteiger charge is -2.38. The zero-order valence-corrected chi connectivity index (χ0v) is 20.3. The smallest absolute Gasteiger partial charge is 0.0732 e. The number of fused-ring (bicyclic) bond motifs is 8. The lowest BCUT2D eigenvalue weighted by atomic mass is 10.1. The molecule has 0 radical (unpaired) electrons. The molecule has 7 rings (SSSR count). The van der Waals surface area contributed by atoms with Gasteiger partial charge in [-0.15, -0.1) is 0 Å². The van der Waals surface area contributed by atoms with E-state index in [2.05, 4.69) is 122 Å². The Morgan fingerprint density at radius 3 is 1.70 bits per heavy atom. The molecule has 2 aliphatic rings. The van der Waals surface area contributed by atoms with Gasteiger partial charge in [0, 0.05) is 34.6 Å². The minimum Gasteiger partial charge on any atom is -0.343 e. The number of nitrogens with zero attached hydrogens (tertiary/aromatic N) is 1. The fraction of sp³-hybridized carbons (Fsp3) is 0.161. The maximum Gasteiger partial charge on any atom is 0.0732 e. The first-order valence-electron chi connectivity index (χ1n) is 11.9. The highest BCUT2D eigenvalue weighted by Gasteiger charge is 2.50. The van der Waals surface area contributed by atoms with Crippen LogP contribution in [0.15, 0.2) is 97.1 Å². The van der Waals surface area contributed by atoms with Crippen molar-refractivity contribution in [1.29, 1.82) is 0 Å². The maximum absolute atomic E-state index is 2.63. The Balaban J connectivity index is 1.54. The van der Waals surface area contributed by atoms with Crippen molar-refractivity contribution in [2.75, 3.05) is 0 Å². The second kappa shape index (κ2) is 6.58. The van der Waals surface area contributed by atoms with Crippen LogP contribution in [0.5, 0.6) is 0 Å². The number of aryl methyl sites for hydroxylation is 1. The molecule has 2 aliphatic carbocycles. The third-order valence-electron chi connectivity index (χ3n) is 8.28. The lowest BCUT2D eigenvalue weighted by molar-refractivity contribution is 0.973. The molecule has 160 valence electrons. The van der Waals surface area contributed by atoms with Crippen LogP contribution in [0.4, 0.5) is 0 Å². The van der Waals surface area contributed by atoms with Gasteiger partial charge in [-0.3, -0.25) is 0 Å². The highest BCUT2D eigenvalue weighted by atomic mass is 28.3. The van der Waals surface area contributed by atoms with Gasteiger partial charge in [0.25, 0.3) is 0 Å². The fourth-order valence-corrected chi connectivity index (χ4v) is 11.6. The van der Waals surface area contributed by atoms with E-state index in [0.717, 1.165) is 0 Å². The second-order valence-corrected chi connectivity index (χ2v) is 15.1. The standard InChI is InChI=1S/C31H27NSi/c1-32-27-19-11-10-18-26(27)28-29(32)22-14-6-9-17-25(22)31(28)33(2,3)30-23-15-7-4-12-20(23)21-13-5-8-16-24(21)30/h4-19,30-31H,1-3H3. The first kappa shape index (κ1) is 19.1.